The molecule has 190 valence electrons. The minimum Gasteiger partial charge on any atom is -0.478 e. The van der Waals surface area contributed by atoms with E-state index >= 15 is 0 Å². The lowest BCUT2D eigenvalue weighted by atomic mass is 10.0. The molecule has 0 saturated carbocycles. The van der Waals surface area contributed by atoms with Crippen LogP contribution in [0, 0.1) is 0 Å². The van der Waals surface area contributed by atoms with E-state index in [2.05, 4.69) is 0 Å². The number of esters is 1. The summed E-state index contributed by atoms with van der Waals surface area (Å²) in [6, 6.07) is 6.97. The van der Waals surface area contributed by atoms with Gasteiger partial charge in [-0.05, 0) is 55.3 Å². The number of benzene rings is 2. The number of carboxylic acid groups (broad SMARTS) is 2. The lowest BCUT2D eigenvalue weighted by molar-refractivity contribution is 0.0525. The number of carbonyl (C=O) groups excluding carboxylic acids is 2. The van der Waals surface area contributed by atoms with Crippen molar-refractivity contribution in [3.63, 3.8) is 0 Å². The molecule has 0 fully saturated rings. The van der Waals surface area contributed by atoms with E-state index in [0.717, 1.165) is 24.6 Å². The second-order valence-corrected chi connectivity index (χ2v) is 7.28. The predicted octanol–water partition coefficient (Wildman–Crippen LogP) is 3.86. The molecule has 0 unspecified atom stereocenters. The molecular weight excluding hydrogens is 468 g/mol. The fraction of sp³-hybridized carbons (Fsp3) is 0.333. The van der Waals surface area contributed by atoms with Gasteiger partial charge in [0.25, 0.3) is 12.3 Å². The minimum atomic E-state index is -2.82. The van der Waals surface area contributed by atoms with Gasteiger partial charge < -0.3 is 25.0 Å². The molecule has 2 aromatic rings. The summed E-state index contributed by atoms with van der Waals surface area (Å²) in [6.45, 7) is 3.90. The number of aliphatic hydroxyl groups excluding tert-OH is 1. The molecule has 0 heterocycles. The Balaban J connectivity index is 0.000000355. The van der Waals surface area contributed by atoms with Crippen LogP contribution in [0.15, 0.2) is 36.4 Å². The number of aromatic carboxylic acids is 2. The van der Waals surface area contributed by atoms with Gasteiger partial charge in [0, 0.05) is 24.7 Å². The van der Waals surface area contributed by atoms with Gasteiger partial charge in [-0.25, -0.2) is 23.2 Å². The largest absolute Gasteiger partial charge is 0.478 e. The number of rotatable bonds is 9. The molecule has 11 heteroatoms. The first-order valence-corrected chi connectivity index (χ1v) is 10.5. The zero-order valence-corrected chi connectivity index (χ0v) is 19.5. The molecule has 0 bridgehead atoms. The molecule has 9 nitrogen and oxygen atoms in total. The van der Waals surface area contributed by atoms with Crippen molar-refractivity contribution in [2.24, 2.45) is 0 Å². The van der Waals surface area contributed by atoms with Crippen molar-refractivity contribution in [3.05, 3.63) is 69.8 Å². The van der Waals surface area contributed by atoms with E-state index in [1.165, 1.54) is 23.1 Å². The lowest BCUT2D eigenvalue weighted by Crippen LogP contribution is -2.27. The summed E-state index contributed by atoms with van der Waals surface area (Å²) in [5.74, 6) is -3.55. The molecule has 35 heavy (non-hydrogen) atoms. The van der Waals surface area contributed by atoms with Gasteiger partial charge in [0.2, 0.25) is 0 Å². The van der Waals surface area contributed by atoms with Crippen molar-refractivity contribution in [2.75, 3.05) is 20.2 Å². The number of carboxylic acids is 2. The number of nitrogens with zero attached hydrogens (tertiary/aromatic N) is 1. The fourth-order valence-electron chi connectivity index (χ4n) is 2.92. The molecule has 0 radical (unpaired) electrons. The highest BCUT2D eigenvalue weighted by atomic mass is 19.3. The first kappa shape index (κ1) is 29.2. The van der Waals surface area contributed by atoms with Gasteiger partial charge in [-0.1, -0.05) is 6.92 Å². The smallest absolute Gasteiger partial charge is 0.338 e. The number of amides is 1. The van der Waals surface area contributed by atoms with Gasteiger partial charge in [-0.2, -0.15) is 0 Å². The summed E-state index contributed by atoms with van der Waals surface area (Å²) in [4.78, 5) is 46.4. The highest BCUT2D eigenvalue weighted by Crippen LogP contribution is 2.22. The molecule has 0 aromatic heterocycles. The molecule has 0 aliphatic heterocycles. The number of aliphatic hydroxyl groups is 1. The standard InChI is InChI=1S/C13H15F2NO3.C11H12O5/c1-3-4-16(2)12(17)9-5-8(11(14)15)6-10(7-9)13(18)19;1-2-16-11(15)9-4-7(6-12)3-8(5-9)10(13)14/h5-7,11H,3-4H2,1-2H3,(H,18,19);3-5,12H,2,6H2,1H3,(H,13,14). The van der Waals surface area contributed by atoms with Gasteiger partial charge in [0.05, 0.1) is 29.9 Å². The van der Waals surface area contributed by atoms with E-state index in [1.54, 1.807) is 14.0 Å². The van der Waals surface area contributed by atoms with E-state index in [0.29, 0.717) is 12.1 Å². The van der Waals surface area contributed by atoms with Crippen LogP contribution in [0.5, 0.6) is 0 Å². The molecule has 1 amide bonds. The minimum absolute atomic E-state index is 0.0360. The van der Waals surface area contributed by atoms with Crippen molar-refractivity contribution >= 4 is 23.8 Å². The van der Waals surface area contributed by atoms with E-state index in [-0.39, 0.29) is 35.5 Å². The summed E-state index contributed by atoms with van der Waals surface area (Å²) < 4.78 is 30.1. The maximum Gasteiger partial charge on any atom is 0.338 e. The van der Waals surface area contributed by atoms with Crippen LogP contribution in [0.3, 0.4) is 0 Å². The summed E-state index contributed by atoms with van der Waals surface area (Å²) in [7, 11) is 1.54. The van der Waals surface area contributed by atoms with Crippen LogP contribution in [0.1, 0.15) is 79.3 Å². The molecule has 0 atom stereocenters. The van der Waals surface area contributed by atoms with Crippen LogP contribution in [-0.2, 0) is 11.3 Å². The Bertz CT molecular complexity index is 1070. The van der Waals surface area contributed by atoms with Crippen LogP contribution in [0.2, 0.25) is 0 Å². The summed E-state index contributed by atoms with van der Waals surface area (Å²) in [5.41, 5.74) is -0.367. The first-order chi connectivity index (χ1) is 16.4. The van der Waals surface area contributed by atoms with Crippen LogP contribution in [0.4, 0.5) is 8.78 Å². The SMILES string of the molecule is CCCN(C)C(=O)c1cc(C(=O)O)cc(C(F)F)c1.CCOC(=O)c1cc(CO)cc(C(=O)O)c1. The Kier molecular flexibility index (Phi) is 11.5. The lowest BCUT2D eigenvalue weighted by Gasteiger charge is -2.17. The maximum atomic E-state index is 12.7. The van der Waals surface area contributed by atoms with Crippen molar-refractivity contribution in [1.29, 1.82) is 0 Å². The van der Waals surface area contributed by atoms with Crippen LogP contribution >= 0.6 is 0 Å². The molecule has 0 spiro atoms. The van der Waals surface area contributed by atoms with Crippen LogP contribution in [-0.4, -0.2) is 64.2 Å². The monoisotopic (exact) mass is 495 g/mol. The molecule has 3 N–H and O–H groups in total. The third-order valence-electron chi connectivity index (χ3n) is 4.54. The van der Waals surface area contributed by atoms with E-state index in [4.69, 9.17) is 20.1 Å². The number of carbonyl (C=O) groups is 4. The van der Waals surface area contributed by atoms with Crippen LogP contribution in [0.25, 0.3) is 0 Å². The molecule has 0 saturated heterocycles. The Hall–Kier alpha value is -3.86. The van der Waals surface area contributed by atoms with Gasteiger partial charge in [-0.15, -0.1) is 0 Å². The molecular formula is C24H27F2NO8. The number of ether oxygens (including phenoxy) is 1. The Labute approximate surface area is 200 Å². The average molecular weight is 495 g/mol. The fourth-order valence-corrected chi connectivity index (χ4v) is 2.92. The average Bonchev–Trinajstić information content (AvgIpc) is 2.83. The van der Waals surface area contributed by atoms with Gasteiger partial charge >= 0.3 is 17.9 Å². The van der Waals surface area contributed by atoms with Crippen molar-refractivity contribution < 1.29 is 48.0 Å². The third kappa shape index (κ3) is 8.78. The highest BCUT2D eigenvalue weighted by Gasteiger charge is 2.18. The highest BCUT2D eigenvalue weighted by molar-refractivity contribution is 5.98. The topological polar surface area (TPSA) is 141 Å². The number of hydrogen-bond acceptors (Lipinski definition) is 6. The van der Waals surface area contributed by atoms with Crippen molar-refractivity contribution in [2.45, 2.75) is 33.3 Å². The molecule has 2 rings (SSSR count). The number of halogens is 2. The van der Waals surface area contributed by atoms with Crippen LogP contribution < -0.4 is 0 Å². The van der Waals surface area contributed by atoms with E-state index < -0.39 is 35.8 Å². The first-order valence-electron chi connectivity index (χ1n) is 10.5. The second kappa shape index (κ2) is 13.8. The molecule has 0 aliphatic rings. The predicted molar refractivity (Wildman–Crippen MR) is 121 cm³/mol. The zero-order chi connectivity index (χ0) is 26.7. The summed E-state index contributed by atoms with van der Waals surface area (Å²) in [5, 5.41) is 26.6. The quantitative estimate of drug-likeness (QED) is 0.446. The molecule has 2 aromatic carbocycles. The van der Waals surface area contributed by atoms with Crippen molar-refractivity contribution in [3.8, 4) is 0 Å². The van der Waals surface area contributed by atoms with E-state index in [1.807, 2.05) is 6.92 Å². The normalized spacial score (nSPS) is 10.3. The third-order valence-corrected chi connectivity index (χ3v) is 4.54. The number of alkyl halides is 2. The Morgan fingerprint density at radius 2 is 1.40 bits per heavy atom. The van der Waals surface area contributed by atoms with E-state index in [9.17, 15) is 28.0 Å². The summed E-state index contributed by atoms with van der Waals surface area (Å²) >= 11 is 0. The van der Waals surface area contributed by atoms with Gasteiger partial charge in [-0.3, -0.25) is 4.79 Å². The maximum absolute atomic E-state index is 12.7. The number of hydrogen-bond donors (Lipinski definition) is 3. The Morgan fingerprint density at radius 3 is 1.89 bits per heavy atom. The van der Waals surface area contributed by atoms with Gasteiger partial charge in [0.1, 0.15) is 0 Å². The second-order valence-electron chi connectivity index (χ2n) is 7.28. The molecule has 0 aliphatic carbocycles. The van der Waals surface area contributed by atoms with Crippen molar-refractivity contribution in [1.82, 2.24) is 4.90 Å². The zero-order valence-electron chi connectivity index (χ0n) is 19.5. The van der Waals surface area contributed by atoms with Gasteiger partial charge in [0.15, 0.2) is 0 Å². The summed E-state index contributed by atoms with van der Waals surface area (Å²) in [6.07, 6.45) is -2.09. The Morgan fingerprint density at radius 1 is 0.886 bits per heavy atom.